The maximum atomic E-state index is 12.7. The summed E-state index contributed by atoms with van der Waals surface area (Å²) in [6.45, 7) is 4.25. The summed E-state index contributed by atoms with van der Waals surface area (Å²) in [7, 11) is 3.59. The van der Waals surface area contributed by atoms with Crippen LogP contribution in [-0.4, -0.2) is 34.1 Å². The first-order valence-electron chi connectivity index (χ1n) is 12.5. The van der Waals surface area contributed by atoms with E-state index in [2.05, 4.69) is 22.2 Å². The number of fused-ring (bicyclic) bond motifs is 1. The molecule has 0 spiro atoms. The van der Waals surface area contributed by atoms with Crippen LogP contribution in [0, 0.1) is 0 Å². The number of methoxy groups -OCH3 is 1. The average molecular weight is 520 g/mol. The normalized spacial score (nSPS) is 10.7. The molecule has 0 saturated heterocycles. The zero-order valence-electron chi connectivity index (χ0n) is 21.8. The summed E-state index contributed by atoms with van der Waals surface area (Å²) in [4.78, 5) is 21.7. The van der Waals surface area contributed by atoms with Crippen LogP contribution in [0.15, 0.2) is 91.6 Å². The van der Waals surface area contributed by atoms with E-state index in [-0.39, 0.29) is 11.6 Å². The minimum atomic E-state index is -0.271. The number of nitrogens with one attached hydrogen (secondary N) is 2. The second-order valence-electron chi connectivity index (χ2n) is 8.89. The van der Waals surface area contributed by atoms with Gasteiger partial charge < -0.3 is 24.7 Å². The number of para-hydroxylation sites is 1. The monoisotopic (exact) mass is 519 g/mol. The number of aromatic nitrogens is 3. The number of hydrogen-bond donors (Lipinski definition) is 2. The SMILES string of the molecule is C=Cc1ccc(Nc2nc3cc(Oc4ccnc(C(=O)NCCc5ccccc5OC)c4)ccc3n2C)cc1. The Bertz CT molecular complexity index is 1630. The van der Waals surface area contributed by atoms with Crippen LogP contribution >= 0.6 is 0 Å². The van der Waals surface area contributed by atoms with Crippen molar-refractivity contribution in [2.24, 2.45) is 7.05 Å². The van der Waals surface area contributed by atoms with E-state index in [0.717, 1.165) is 33.6 Å². The first kappa shape index (κ1) is 25.5. The van der Waals surface area contributed by atoms with E-state index in [1.54, 1.807) is 25.4 Å². The third-order valence-corrected chi connectivity index (χ3v) is 6.33. The Kier molecular flexibility index (Phi) is 7.54. The van der Waals surface area contributed by atoms with Gasteiger partial charge in [-0.3, -0.25) is 9.78 Å². The Balaban J connectivity index is 1.25. The van der Waals surface area contributed by atoms with Crippen LogP contribution in [0.2, 0.25) is 0 Å². The maximum Gasteiger partial charge on any atom is 0.270 e. The third kappa shape index (κ3) is 5.91. The summed E-state index contributed by atoms with van der Waals surface area (Å²) < 4.78 is 13.4. The highest BCUT2D eigenvalue weighted by Crippen LogP contribution is 2.28. The zero-order valence-corrected chi connectivity index (χ0v) is 21.8. The number of carbonyl (C=O) groups is 1. The summed E-state index contributed by atoms with van der Waals surface area (Å²) in [6, 6.07) is 24.8. The Morgan fingerprint density at radius 1 is 1.03 bits per heavy atom. The van der Waals surface area contributed by atoms with Gasteiger partial charge in [0.2, 0.25) is 5.95 Å². The Morgan fingerprint density at radius 3 is 2.62 bits per heavy atom. The van der Waals surface area contributed by atoms with Gasteiger partial charge in [0.1, 0.15) is 22.9 Å². The number of amides is 1. The first-order chi connectivity index (χ1) is 19.0. The van der Waals surface area contributed by atoms with E-state index in [1.165, 1.54) is 0 Å². The minimum Gasteiger partial charge on any atom is -0.496 e. The molecule has 0 saturated carbocycles. The minimum absolute atomic E-state index is 0.271. The lowest BCUT2D eigenvalue weighted by atomic mass is 10.1. The molecule has 0 atom stereocenters. The molecule has 3 aromatic carbocycles. The largest absolute Gasteiger partial charge is 0.496 e. The molecule has 1 amide bonds. The van der Waals surface area contributed by atoms with E-state index >= 15 is 0 Å². The molecule has 0 aliphatic rings. The first-order valence-corrected chi connectivity index (χ1v) is 12.5. The van der Waals surface area contributed by atoms with Crippen molar-refractivity contribution in [3.63, 3.8) is 0 Å². The van der Waals surface area contributed by atoms with E-state index < -0.39 is 0 Å². The van der Waals surface area contributed by atoms with E-state index in [0.29, 0.717) is 30.4 Å². The summed E-state index contributed by atoms with van der Waals surface area (Å²) in [5, 5.41) is 6.26. The van der Waals surface area contributed by atoms with Gasteiger partial charge in [0, 0.05) is 37.6 Å². The molecule has 5 aromatic rings. The maximum absolute atomic E-state index is 12.7. The molecule has 2 heterocycles. The lowest BCUT2D eigenvalue weighted by Crippen LogP contribution is -2.26. The van der Waals surface area contributed by atoms with Gasteiger partial charge in [0.25, 0.3) is 5.91 Å². The number of benzene rings is 3. The zero-order chi connectivity index (χ0) is 27.2. The lowest BCUT2D eigenvalue weighted by molar-refractivity contribution is 0.0948. The number of imidazole rings is 1. The van der Waals surface area contributed by atoms with E-state index in [1.807, 2.05) is 84.4 Å². The standard InChI is InChI=1S/C31H29N5O3/c1-4-21-9-11-23(12-10-21)34-31-35-26-19-24(13-14-28(26)36(31)2)39-25-16-18-32-27(20-25)30(37)33-17-15-22-7-5-6-8-29(22)38-3/h4-14,16,18-20H,1,15,17H2,2-3H3,(H,33,37)(H,34,35). The van der Waals surface area contributed by atoms with Crippen molar-refractivity contribution >= 4 is 34.7 Å². The molecule has 0 radical (unpaired) electrons. The molecule has 2 N–H and O–H groups in total. The van der Waals surface area contributed by atoms with Gasteiger partial charge in [0.15, 0.2) is 0 Å². The number of ether oxygens (including phenoxy) is 2. The average Bonchev–Trinajstić information content (AvgIpc) is 3.27. The van der Waals surface area contributed by atoms with Crippen LogP contribution in [0.25, 0.3) is 17.1 Å². The van der Waals surface area contributed by atoms with Gasteiger partial charge in [-0.1, -0.05) is 43.0 Å². The van der Waals surface area contributed by atoms with Gasteiger partial charge in [-0.25, -0.2) is 4.98 Å². The Labute approximate surface area is 226 Å². The molecule has 0 aliphatic carbocycles. The molecular weight excluding hydrogens is 490 g/mol. The van der Waals surface area contributed by atoms with Crippen LogP contribution in [0.4, 0.5) is 11.6 Å². The lowest BCUT2D eigenvalue weighted by Gasteiger charge is -2.10. The van der Waals surface area contributed by atoms with Gasteiger partial charge in [0.05, 0.1) is 18.1 Å². The van der Waals surface area contributed by atoms with Crippen molar-refractivity contribution in [2.75, 3.05) is 19.0 Å². The molecule has 8 heteroatoms. The number of hydrogen-bond acceptors (Lipinski definition) is 6. The van der Waals surface area contributed by atoms with Gasteiger partial charge >= 0.3 is 0 Å². The number of carbonyl (C=O) groups excluding carboxylic acids is 1. The fraction of sp³-hybridized carbons (Fsp3) is 0.129. The van der Waals surface area contributed by atoms with Crippen LogP contribution in [-0.2, 0) is 13.5 Å². The van der Waals surface area contributed by atoms with Crippen LogP contribution in [0.3, 0.4) is 0 Å². The number of rotatable bonds is 10. The summed E-state index contributed by atoms with van der Waals surface area (Å²) in [5.41, 5.74) is 5.03. The third-order valence-electron chi connectivity index (χ3n) is 6.33. The molecule has 0 unspecified atom stereocenters. The van der Waals surface area contributed by atoms with E-state index in [9.17, 15) is 4.79 Å². The van der Waals surface area contributed by atoms with Crippen LogP contribution in [0.1, 0.15) is 21.6 Å². The molecule has 2 aromatic heterocycles. The topological polar surface area (TPSA) is 90.3 Å². The second-order valence-corrected chi connectivity index (χ2v) is 8.89. The van der Waals surface area contributed by atoms with Crippen LogP contribution < -0.4 is 20.1 Å². The number of pyridine rings is 1. The highest BCUT2D eigenvalue weighted by atomic mass is 16.5. The molecule has 39 heavy (non-hydrogen) atoms. The quantitative estimate of drug-likeness (QED) is 0.231. The van der Waals surface area contributed by atoms with Crippen molar-refractivity contribution in [1.29, 1.82) is 0 Å². The molecular formula is C31H29N5O3. The van der Waals surface area contributed by atoms with Gasteiger partial charge in [-0.05, 0) is 53.9 Å². The van der Waals surface area contributed by atoms with Crippen molar-refractivity contribution < 1.29 is 14.3 Å². The highest BCUT2D eigenvalue weighted by Gasteiger charge is 2.12. The van der Waals surface area contributed by atoms with Gasteiger partial charge in [-0.2, -0.15) is 0 Å². The fourth-order valence-corrected chi connectivity index (χ4v) is 4.23. The molecule has 196 valence electrons. The number of aryl methyl sites for hydroxylation is 1. The van der Waals surface area contributed by atoms with Crippen molar-refractivity contribution in [1.82, 2.24) is 19.9 Å². The summed E-state index contributed by atoms with van der Waals surface area (Å²) in [5.74, 6) is 2.36. The number of nitrogens with zero attached hydrogens (tertiary/aromatic N) is 3. The Morgan fingerprint density at radius 2 is 1.82 bits per heavy atom. The Hall–Kier alpha value is -5.11. The molecule has 0 aliphatic heterocycles. The fourth-order valence-electron chi connectivity index (χ4n) is 4.23. The van der Waals surface area contributed by atoms with Crippen molar-refractivity contribution in [2.45, 2.75) is 6.42 Å². The van der Waals surface area contributed by atoms with Gasteiger partial charge in [-0.15, -0.1) is 0 Å². The smallest absolute Gasteiger partial charge is 0.270 e. The predicted molar refractivity (Wildman–Crippen MR) is 154 cm³/mol. The van der Waals surface area contributed by atoms with Crippen LogP contribution in [0.5, 0.6) is 17.2 Å². The highest BCUT2D eigenvalue weighted by molar-refractivity contribution is 5.92. The number of anilines is 2. The predicted octanol–water partition coefficient (Wildman–Crippen LogP) is 6.13. The summed E-state index contributed by atoms with van der Waals surface area (Å²) in [6.07, 6.45) is 4.01. The molecule has 8 nitrogen and oxygen atoms in total. The molecule has 0 fully saturated rings. The van der Waals surface area contributed by atoms with E-state index in [4.69, 9.17) is 14.5 Å². The summed E-state index contributed by atoms with van der Waals surface area (Å²) >= 11 is 0. The van der Waals surface area contributed by atoms with Crippen molar-refractivity contribution in [3.8, 4) is 17.2 Å². The molecule has 0 bridgehead atoms. The molecule has 5 rings (SSSR count). The second kappa shape index (κ2) is 11.5. The van der Waals surface area contributed by atoms with Crippen molar-refractivity contribution in [3.05, 3.63) is 108 Å².